The smallest absolute Gasteiger partial charge is 0.245 e. The Morgan fingerprint density at radius 2 is 1.58 bits per heavy atom. The predicted octanol–water partition coefficient (Wildman–Crippen LogP) is -0.632. The Morgan fingerprint density at radius 3 is 2.18 bits per heavy atom. The molecule has 2 fully saturated rings. The van der Waals surface area contributed by atoms with Crippen molar-refractivity contribution in [1.29, 1.82) is 0 Å². The Bertz CT molecular complexity index is 1310. The molecule has 4 rings (SSSR count). The average Bonchev–Trinajstić information content (AvgIpc) is 3.78. The van der Waals surface area contributed by atoms with E-state index in [1.807, 2.05) is 4.90 Å². The molecule has 4 atom stereocenters. The number of hydrogen-bond acceptors (Lipinski definition) is 10. The summed E-state index contributed by atoms with van der Waals surface area (Å²) in [4.78, 5) is 55.1. The number of epoxide rings is 1. The molecular formula is C31H44N4O9S. The van der Waals surface area contributed by atoms with E-state index in [9.17, 15) is 32.7 Å². The van der Waals surface area contributed by atoms with Gasteiger partial charge in [0.1, 0.15) is 28.4 Å². The predicted molar refractivity (Wildman–Crippen MR) is 165 cm³/mol. The number of nitrogens with one attached hydrogen (secondary N) is 3. The normalized spacial score (nSPS) is 22.1. The second-order valence-corrected chi connectivity index (χ2v) is 13.0. The highest BCUT2D eigenvalue weighted by Gasteiger charge is 2.50. The minimum Gasteiger partial charge on any atom is -0.394 e. The minimum absolute atomic E-state index is 0.0125. The van der Waals surface area contributed by atoms with Crippen molar-refractivity contribution in [3.8, 4) is 0 Å². The summed E-state index contributed by atoms with van der Waals surface area (Å²) in [6.07, 6.45) is 6.27. The number of carbonyl (C=O) groups excluding carboxylic acids is 4. The first-order valence-corrected chi connectivity index (χ1v) is 16.8. The number of thiol groups is 1. The number of carbonyl (C=O) groups is 4. The molecule has 0 unspecified atom stereocenters. The van der Waals surface area contributed by atoms with Crippen LogP contribution in [0.4, 0.5) is 0 Å². The number of ketones is 1. The fourth-order valence-corrected chi connectivity index (χ4v) is 6.01. The van der Waals surface area contributed by atoms with Gasteiger partial charge in [-0.15, -0.1) is 0 Å². The van der Waals surface area contributed by atoms with Gasteiger partial charge in [-0.25, -0.2) is 8.42 Å². The van der Waals surface area contributed by atoms with Crippen LogP contribution in [0.3, 0.4) is 0 Å². The van der Waals surface area contributed by atoms with Gasteiger partial charge >= 0.3 is 0 Å². The van der Waals surface area contributed by atoms with E-state index in [2.05, 4.69) is 22.0 Å². The Balaban J connectivity index is 1.49. The fraction of sp³-hybridized carbons (Fsp3) is 0.613. The van der Waals surface area contributed by atoms with E-state index in [0.717, 1.165) is 31.3 Å². The zero-order valence-corrected chi connectivity index (χ0v) is 26.5. The number of aliphatic hydroxyl groups is 1. The molecule has 248 valence electrons. The molecular weight excluding hydrogens is 604 g/mol. The van der Waals surface area contributed by atoms with Crippen LogP contribution in [0.2, 0.25) is 0 Å². The molecule has 13 nitrogen and oxygen atoms in total. The summed E-state index contributed by atoms with van der Waals surface area (Å²) in [5.41, 5.74) is 1.32. The lowest BCUT2D eigenvalue weighted by Crippen LogP contribution is -2.58. The number of amides is 3. The largest absolute Gasteiger partial charge is 0.394 e. The molecule has 2 aliphatic heterocycles. The lowest BCUT2D eigenvalue weighted by atomic mass is 9.89. The first-order chi connectivity index (χ1) is 21.6. The van der Waals surface area contributed by atoms with Gasteiger partial charge in [-0.2, -0.15) is 0 Å². The molecule has 3 aliphatic rings. The van der Waals surface area contributed by atoms with E-state index in [1.165, 1.54) is 0 Å². The van der Waals surface area contributed by atoms with Crippen LogP contribution in [0.15, 0.2) is 35.9 Å². The second-order valence-electron chi connectivity index (χ2n) is 12.0. The van der Waals surface area contributed by atoms with Crippen molar-refractivity contribution in [1.82, 2.24) is 20.9 Å². The van der Waals surface area contributed by atoms with E-state index in [0.29, 0.717) is 43.9 Å². The van der Waals surface area contributed by atoms with Crippen molar-refractivity contribution in [2.75, 3.05) is 46.1 Å². The Labute approximate surface area is 265 Å². The van der Waals surface area contributed by atoms with Gasteiger partial charge in [0.25, 0.3) is 0 Å². The number of aliphatic hydroxyl groups excluding tert-OH is 1. The number of Topliss-reactive ketones (excluding diaryl/α,β-unsaturated/α-hetero) is 1. The molecule has 14 heteroatoms. The van der Waals surface area contributed by atoms with Gasteiger partial charge in [0.05, 0.1) is 44.8 Å². The first-order valence-electron chi connectivity index (χ1n) is 15.4. The molecule has 45 heavy (non-hydrogen) atoms. The number of allylic oxidation sites excluding steroid dienone is 1. The summed E-state index contributed by atoms with van der Waals surface area (Å²) in [7, 11) is -2.61. The minimum atomic E-state index is -2.61. The van der Waals surface area contributed by atoms with Gasteiger partial charge in [0.15, 0.2) is 5.78 Å². The highest BCUT2D eigenvalue weighted by Crippen LogP contribution is 2.31. The third-order valence-corrected chi connectivity index (χ3v) is 8.92. The van der Waals surface area contributed by atoms with Crippen molar-refractivity contribution in [3.05, 3.63) is 47.0 Å². The van der Waals surface area contributed by atoms with Gasteiger partial charge in [-0.1, -0.05) is 35.9 Å². The van der Waals surface area contributed by atoms with Crippen LogP contribution in [0.25, 0.3) is 0 Å². The summed E-state index contributed by atoms with van der Waals surface area (Å²) in [6, 6.07) is 3.25. The van der Waals surface area contributed by atoms with E-state index in [-0.39, 0.29) is 31.1 Å². The molecule has 1 aromatic carbocycles. The fourth-order valence-electron chi connectivity index (χ4n) is 5.50. The Kier molecular flexibility index (Phi) is 12.7. The maximum absolute atomic E-state index is 13.8. The molecule has 3 amide bonds. The summed E-state index contributed by atoms with van der Waals surface area (Å²) < 4.78 is 33.0. The van der Waals surface area contributed by atoms with Gasteiger partial charge in [-0.3, -0.25) is 24.1 Å². The molecule has 0 radical (unpaired) electrons. The zero-order chi connectivity index (χ0) is 32.4. The number of nitrogens with zero attached hydrogens (tertiary/aromatic N) is 1. The van der Waals surface area contributed by atoms with Crippen LogP contribution in [-0.4, -0.2) is 112 Å². The van der Waals surface area contributed by atoms with Crippen LogP contribution in [-0.2, 0) is 51.5 Å². The van der Waals surface area contributed by atoms with Crippen LogP contribution in [0.1, 0.15) is 50.2 Å². The van der Waals surface area contributed by atoms with Crippen LogP contribution in [0.5, 0.6) is 0 Å². The van der Waals surface area contributed by atoms with Crippen molar-refractivity contribution >= 4 is 34.2 Å². The molecule has 1 aliphatic carbocycles. The molecule has 1 aromatic rings. The number of hydrogen-bond donors (Lipinski definition) is 5. The van der Waals surface area contributed by atoms with Crippen molar-refractivity contribution in [2.24, 2.45) is 0 Å². The van der Waals surface area contributed by atoms with E-state index in [4.69, 9.17) is 9.47 Å². The standard InChI is InChI=1S/C31H44N4O9S/c1-31(20-44-31)28(38)24(15-21-5-3-2-4-6-21)33-29(39)25(16-22-7-9-23(10-8-22)19-45(41)42)34-30(40)26(18-36)32-27(37)17-35-11-13-43-14-12-35/h5,7-10,24-26,36,45H,2-4,6,11-20H2,1H3,(H,32,37)(H,33,39)(H,34,40)/t24-,25-,26-,31+/m0/s1. The van der Waals surface area contributed by atoms with E-state index < -0.39 is 58.8 Å². The maximum atomic E-state index is 13.8. The number of benzene rings is 1. The molecule has 2 saturated heterocycles. The van der Waals surface area contributed by atoms with Crippen molar-refractivity contribution in [3.63, 3.8) is 0 Å². The van der Waals surface area contributed by atoms with Gasteiger partial charge < -0.3 is 30.5 Å². The SMILES string of the molecule is C[C@]1(C(=O)[C@H](CC2=CCCCC2)NC(=O)[C@H](Cc2ccc(C[SH](=O)=O)cc2)NC(=O)[C@H](CO)NC(=O)CN2CCOCC2)CO1. The third kappa shape index (κ3) is 10.7. The van der Waals surface area contributed by atoms with E-state index >= 15 is 0 Å². The number of ether oxygens (including phenoxy) is 2. The monoisotopic (exact) mass is 648 g/mol. The lowest BCUT2D eigenvalue weighted by molar-refractivity contribution is -0.135. The molecule has 0 saturated carbocycles. The van der Waals surface area contributed by atoms with Crippen molar-refractivity contribution in [2.45, 2.75) is 74.9 Å². The molecule has 0 aromatic heterocycles. The molecule has 4 N–H and O–H groups in total. The van der Waals surface area contributed by atoms with E-state index in [1.54, 1.807) is 31.2 Å². The summed E-state index contributed by atoms with van der Waals surface area (Å²) in [6.45, 7) is 3.41. The van der Waals surface area contributed by atoms with Crippen LogP contribution in [0, 0.1) is 0 Å². The van der Waals surface area contributed by atoms with Crippen LogP contribution >= 0.6 is 0 Å². The second kappa shape index (κ2) is 16.4. The maximum Gasteiger partial charge on any atom is 0.245 e. The highest BCUT2D eigenvalue weighted by molar-refractivity contribution is 7.71. The number of morpholine rings is 1. The summed E-state index contributed by atoms with van der Waals surface area (Å²) in [5, 5.41) is 18.0. The molecule has 2 heterocycles. The zero-order valence-electron chi connectivity index (χ0n) is 25.6. The Hall–Kier alpha value is -3.17. The average molecular weight is 649 g/mol. The van der Waals surface area contributed by atoms with Gasteiger partial charge in [0.2, 0.25) is 17.7 Å². The van der Waals surface area contributed by atoms with Crippen molar-refractivity contribution < 1.29 is 42.2 Å². The molecule has 0 bridgehead atoms. The van der Waals surface area contributed by atoms with Crippen LogP contribution < -0.4 is 16.0 Å². The molecule has 0 spiro atoms. The highest BCUT2D eigenvalue weighted by atomic mass is 32.2. The van der Waals surface area contributed by atoms with Gasteiger partial charge in [-0.05, 0) is 50.2 Å². The Morgan fingerprint density at radius 1 is 0.933 bits per heavy atom. The quantitative estimate of drug-likeness (QED) is 0.0879. The van der Waals surface area contributed by atoms with Gasteiger partial charge in [0, 0.05) is 19.5 Å². The summed E-state index contributed by atoms with van der Waals surface area (Å²) in [5.74, 6) is -2.19. The lowest BCUT2D eigenvalue weighted by Gasteiger charge is -2.28. The summed E-state index contributed by atoms with van der Waals surface area (Å²) >= 11 is 0. The topological polar surface area (TPSA) is 184 Å². The number of rotatable bonds is 16. The third-order valence-electron chi connectivity index (χ3n) is 8.30. The first kappa shape index (κ1) is 34.7.